The van der Waals surface area contributed by atoms with E-state index in [1.807, 2.05) is 24.3 Å². The summed E-state index contributed by atoms with van der Waals surface area (Å²) in [4.78, 5) is 0. The van der Waals surface area contributed by atoms with E-state index in [9.17, 15) is 0 Å². The van der Waals surface area contributed by atoms with E-state index in [1.54, 1.807) is 14.2 Å². The van der Waals surface area contributed by atoms with E-state index in [1.165, 1.54) is 11.1 Å². The van der Waals surface area contributed by atoms with E-state index in [0.717, 1.165) is 11.4 Å². The minimum Gasteiger partial charge on any atom is -0.493 e. The fraction of sp³-hybridized carbons (Fsp3) is 0.250. The Morgan fingerprint density at radius 2 is 1.45 bits per heavy atom. The molecule has 0 aliphatic rings. The second-order valence-corrected chi connectivity index (χ2v) is 4.59. The highest BCUT2D eigenvalue weighted by molar-refractivity contribution is 5.62. The van der Waals surface area contributed by atoms with Gasteiger partial charge in [-0.3, -0.25) is 0 Å². The zero-order chi connectivity index (χ0) is 14.5. The van der Waals surface area contributed by atoms with Gasteiger partial charge in [0.05, 0.1) is 25.6 Å². The number of ether oxygens (including phenoxy) is 2. The molecule has 0 radical (unpaired) electrons. The van der Waals surface area contributed by atoms with Crippen molar-refractivity contribution in [2.24, 2.45) is 0 Å². The number of hydrogen-bond donors (Lipinski definition) is 2. The van der Waals surface area contributed by atoms with Crippen LogP contribution < -0.4 is 20.3 Å². The molecule has 0 fully saturated rings. The molecule has 0 saturated heterocycles. The van der Waals surface area contributed by atoms with Crippen LogP contribution in [-0.4, -0.2) is 14.2 Å². The summed E-state index contributed by atoms with van der Waals surface area (Å²) in [5.74, 6) is 1.41. The van der Waals surface area contributed by atoms with Crippen LogP contribution in [0.4, 0.5) is 11.4 Å². The molecule has 2 N–H and O–H groups in total. The van der Waals surface area contributed by atoms with Crippen molar-refractivity contribution in [3.05, 3.63) is 47.5 Å². The molecule has 2 aromatic rings. The average Bonchev–Trinajstić information content (AvgIpc) is 2.46. The lowest BCUT2D eigenvalue weighted by atomic mass is 10.1. The van der Waals surface area contributed by atoms with E-state index in [0.29, 0.717) is 11.5 Å². The number of benzene rings is 2. The molecule has 0 bridgehead atoms. The second kappa shape index (κ2) is 6.19. The molecule has 2 aromatic carbocycles. The smallest absolute Gasteiger partial charge is 0.162 e. The topological polar surface area (TPSA) is 42.5 Å². The first-order valence-corrected chi connectivity index (χ1v) is 6.46. The lowest BCUT2D eigenvalue weighted by molar-refractivity contribution is 0.355. The summed E-state index contributed by atoms with van der Waals surface area (Å²) in [5, 5.41) is 0. The summed E-state index contributed by atoms with van der Waals surface area (Å²) in [5.41, 5.74) is 10.8. The van der Waals surface area contributed by atoms with Gasteiger partial charge in [-0.1, -0.05) is 18.2 Å². The maximum Gasteiger partial charge on any atom is 0.162 e. The third-order valence-electron chi connectivity index (χ3n) is 3.20. The first kappa shape index (κ1) is 14.1. The first-order valence-electron chi connectivity index (χ1n) is 6.46. The summed E-state index contributed by atoms with van der Waals surface area (Å²) in [6, 6.07) is 11.9. The summed E-state index contributed by atoms with van der Waals surface area (Å²) < 4.78 is 10.5. The van der Waals surface area contributed by atoms with Gasteiger partial charge in [-0.15, -0.1) is 0 Å². The van der Waals surface area contributed by atoms with Gasteiger partial charge in [-0.05, 0) is 37.1 Å². The Hall–Kier alpha value is -2.36. The third kappa shape index (κ3) is 2.96. The molecular weight excluding hydrogens is 252 g/mol. The van der Waals surface area contributed by atoms with Gasteiger partial charge < -0.3 is 20.3 Å². The minimum absolute atomic E-state index is 0.695. The molecule has 0 heterocycles. The molecule has 106 valence electrons. The quantitative estimate of drug-likeness (QED) is 0.813. The number of nitrogens with one attached hydrogen (secondary N) is 2. The SMILES string of the molecule is COc1ccc(NNc2c(C)cccc2C)cc1OC. The Balaban J connectivity index is 2.15. The fourth-order valence-electron chi connectivity index (χ4n) is 2.06. The van der Waals surface area contributed by atoms with E-state index in [2.05, 4.69) is 36.8 Å². The zero-order valence-electron chi connectivity index (χ0n) is 12.3. The van der Waals surface area contributed by atoms with E-state index in [-0.39, 0.29) is 0 Å². The highest BCUT2D eigenvalue weighted by Gasteiger charge is 2.05. The van der Waals surface area contributed by atoms with Crippen LogP contribution in [-0.2, 0) is 0 Å². The number of hydrogen-bond acceptors (Lipinski definition) is 4. The van der Waals surface area contributed by atoms with Crippen LogP contribution in [0.15, 0.2) is 36.4 Å². The summed E-state index contributed by atoms with van der Waals surface area (Å²) in [7, 11) is 3.25. The summed E-state index contributed by atoms with van der Waals surface area (Å²) in [6.07, 6.45) is 0. The molecule has 4 nitrogen and oxygen atoms in total. The molecular formula is C16H20N2O2. The Morgan fingerprint density at radius 3 is 2.05 bits per heavy atom. The largest absolute Gasteiger partial charge is 0.493 e. The van der Waals surface area contributed by atoms with E-state index < -0.39 is 0 Å². The molecule has 0 aliphatic carbocycles. The Bertz CT molecular complexity index is 577. The third-order valence-corrected chi connectivity index (χ3v) is 3.20. The van der Waals surface area contributed by atoms with Gasteiger partial charge in [0.1, 0.15) is 0 Å². The van der Waals surface area contributed by atoms with Gasteiger partial charge in [0, 0.05) is 6.07 Å². The number of hydrazine groups is 1. The number of rotatable bonds is 5. The van der Waals surface area contributed by atoms with E-state index >= 15 is 0 Å². The predicted octanol–water partition coefficient (Wildman–Crippen LogP) is 3.76. The van der Waals surface area contributed by atoms with Gasteiger partial charge in [-0.25, -0.2) is 0 Å². The fourth-order valence-corrected chi connectivity index (χ4v) is 2.06. The highest BCUT2D eigenvalue weighted by atomic mass is 16.5. The maximum atomic E-state index is 5.28. The van der Waals surface area contributed by atoms with Crippen molar-refractivity contribution < 1.29 is 9.47 Å². The normalized spacial score (nSPS) is 10.0. The van der Waals surface area contributed by atoms with Gasteiger partial charge in [0.15, 0.2) is 11.5 Å². The molecule has 0 spiro atoms. The number of anilines is 2. The molecule has 0 aromatic heterocycles. The lowest BCUT2D eigenvalue weighted by Gasteiger charge is -2.15. The van der Waals surface area contributed by atoms with Crippen LogP contribution in [0.25, 0.3) is 0 Å². The second-order valence-electron chi connectivity index (χ2n) is 4.59. The van der Waals surface area contributed by atoms with Crippen LogP contribution in [0.5, 0.6) is 11.5 Å². The van der Waals surface area contributed by atoms with Gasteiger partial charge in [-0.2, -0.15) is 0 Å². The molecule has 0 unspecified atom stereocenters. The lowest BCUT2D eigenvalue weighted by Crippen LogP contribution is -2.11. The van der Waals surface area contributed by atoms with Crippen molar-refractivity contribution in [1.29, 1.82) is 0 Å². The summed E-state index contributed by atoms with van der Waals surface area (Å²) in [6.45, 7) is 4.15. The van der Waals surface area contributed by atoms with Crippen molar-refractivity contribution in [1.82, 2.24) is 0 Å². The van der Waals surface area contributed by atoms with Crippen LogP contribution in [0.1, 0.15) is 11.1 Å². The monoisotopic (exact) mass is 272 g/mol. The van der Waals surface area contributed by atoms with Gasteiger partial charge in [0.2, 0.25) is 0 Å². The Labute approximate surface area is 119 Å². The van der Waals surface area contributed by atoms with Gasteiger partial charge >= 0.3 is 0 Å². The zero-order valence-corrected chi connectivity index (χ0v) is 12.3. The molecule has 4 heteroatoms. The Morgan fingerprint density at radius 1 is 0.800 bits per heavy atom. The van der Waals surface area contributed by atoms with Crippen molar-refractivity contribution in [3.63, 3.8) is 0 Å². The number of para-hydroxylation sites is 1. The Kier molecular flexibility index (Phi) is 4.35. The molecule has 0 amide bonds. The predicted molar refractivity (Wildman–Crippen MR) is 82.7 cm³/mol. The molecule has 20 heavy (non-hydrogen) atoms. The first-order chi connectivity index (χ1) is 9.65. The van der Waals surface area contributed by atoms with Crippen LogP contribution in [0.3, 0.4) is 0 Å². The van der Waals surface area contributed by atoms with Crippen LogP contribution in [0.2, 0.25) is 0 Å². The average molecular weight is 272 g/mol. The number of aryl methyl sites for hydroxylation is 2. The van der Waals surface area contributed by atoms with Crippen LogP contribution >= 0.6 is 0 Å². The van der Waals surface area contributed by atoms with Crippen molar-refractivity contribution in [3.8, 4) is 11.5 Å². The van der Waals surface area contributed by atoms with Crippen molar-refractivity contribution in [2.45, 2.75) is 13.8 Å². The standard InChI is InChI=1S/C16H20N2O2/c1-11-6-5-7-12(2)16(11)18-17-13-8-9-14(19-3)15(10-13)20-4/h5-10,17-18H,1-4H3. The highest BCUT2D eigenvalue weighted by Crippen LogP contribution is 2.30. The molecule has 2 rings (SSSR count). The van der Waals surface area contributed by atoms with Crippen LogP contribution in [0, 0.1) is 13.8 Å². The molecule has 0 atom stereocenters. The number of methoxy groups -OCH3 is 2. The minimum atomic E-state index is 0.695. The van der Waals surface area contributed by atoms with Crippen molar-refractivity contribution in [2.75, 3.05) is 25.1 Å². The van der Waals surface area contributed by atoms with Crippen molar-refractivity contribution >= 4 is 11.4 Å². The van der Waals surface area contributed by atoms with E-state index in [4.69, 9.17) is 9.47 Å². The molecule has 0 aliphatic heterocycles. The maximum absolute atomic E-state index is 5.28. The molecule has 0 saturated carbocycles. The summed E-state index contributed by atoms with van der Waals surface area (Å²) >= 11 is 0. The van der Waals surface area contributed by atoms with Gasteiger partial charge in [0.25, 0.3) is 0 Å².